The van der Waals surface area contributed by atoms with Crippen molar-refractivity contribution in [3.05, 3.63) is 64.6 Å². The Balaban J connectivity index is 1.83. The summed E-state index contributed by atoms with van der Waals surface area (Å²) in [5, 5.41) is 6.01. The zero-order chi connectivity index (χ0) is 17.2. The average Bonchev–Trinajstić information content (AvgIpc) is 2.92. The number of hydrogen-bond acceptors (Lipinski definition) is 5. The number of anilines is 3. The summed E-state index contributed by atoms with van der Waals surface area (Å²) in [4.78, 5) is 4.36. The monoisotopic (exact) mass is 379 g/mol. The number of sulfonamides is 1. The van der Waals surface area contributed by atoms with Gasteiger partial charge in [-0.25, -0.2) is 13.4 Å². The van der Waals surface area contributed by atoms with Crippen LogP contribution < -0.4 is 10.0 Å². The van der Waals surface area contributed by atoms with Gasteiger partial charge in [-0.05, 0) is 37.3 Å². The van der Waals surface area contributed by atoms with Crippen LogP contribution >= 0.6 is 22.9 Å². The maximum absolute atomic E-state index is 12.5. The van der Waals surface area contributed by atoms with E-state index in [0.717, 1.165) is 16.5 Å². The van der Waals surface area contributed by atoms with Crippen molar-refractivity contribution >= 4 is 49.5 Å². The van der Waals surface area contributed by atoms with E-state index in [1.54, 1.807) is 36.4 Å². The van der Waals surface area contributed by atoms with Gasteiger partial charge in [-0.2, -0.15) is 0 Å². The molecule has 1 heterocycles. The Kier molecular flexibility index (Phi) is 4.75. The second-order valence-electron chi connectivity index (χ2n) is 5.04. The van der Waals surface area contributed by atoms with Crippen LogP contribution in [0.1, 0.15) is 5.69 Å². The zero-order valence-electron chi connectivity index (χ0n) is 12.7. The maximum atomic E-state index is 12.5. The quantitative estimate of drug-likeness (QED) is 0.676. The number of benzene rings is 2. The van der Waals surface area contributed by atoms with Gasteiger partial charge in [0, 0.05) is 11.1 Å². The van der Waals surface area contributed by atoms with E-state index in [2.05, 4.69) is 15.0 Å². The van der Waals surface area contributed by atoms with Crippen LogP contribution in [-0.4, -0.2) is 13.4 Å². The molecule has 1 aromatic heterocycles. The number of aromatic nitrogens is 1. The van der Waals surface area contributed by atoms with E-state index >= 15 is 0 Å². The molecule has 0 radical (unpaired) electrons. The summed E-state index contributed by atoms with van der Waals surface area (Å²) >= 11 is 7.46. The summed E-state index contributed by atoms with van der Waals surface area (Å²) in [5.74, 6) is 0. The molecule has 0 aliphatic carbocycles. The van der Waals surface area contributed by atoms with Gasteiger partial charge in [0.2, 0.25) is 0 Å². The fourth-order valence-electron chi connectivity index (χ4n) is 2.07. The van der Waals surface area contributed by atoms with Crippen molar-refractivity contribution in [3.63, 3.8) is 0 Å². The first-order chi connectivity index (χ1) is 11.4. The first-order valence-electron chi connectivity index (χ1n) is 7.00. The van der Waals surface area contributed by atoms with Crippen molar-refractivity contribution in [2.75, 3.05) is 10.0 Å². The summed E-state index contributed by atoms with van der Waals surface area (Å²) in [7, 11) is -3.75. The molecule has 3 rings (SSSR count). The minimum atomic E-state index is -3.75. The molecule has 0 atom stereocenters. The number of thiazole rings is 1. The van der Waals surface area contributed by atoms with Crippen LogP contribution in [0.2, 0.25) is 5.02 Å². The van der Waals surface area contributed by atoms with Crippen molar-refractivity contribution in [2.24, 2.45) is 0 Å². The van der Waals surface area contributed by atoms with Crippen LogP contribution in [0.3, 0.4) is 0 Å². The highest BCUT2D eigenvalue weighted by Gasteiger charge is 2.17. The lowest BCUT2D eigenvalue weighted by molar-refractivity contribution is 0.601. The summed E-state index contributed by atoms with van der Waals surface area (Å²) in [6, 6.07) is 13.3. The molecule has 0 aliphatic rings. The standard InChI is InChI=1S/C16H14ClN3O2S2/c1-11-10-23-16(18-11)19-12-5-4-6-13(9-12)20-24(21,22)15-8-3-2-7-14(15)17/h2-10,20H,1H3,(H,18,19). The number of hydrogen-bond donors (Lipinski definition) is 2. The van der Waals surface area contributed by atoms with Crippen LogP contribution in [0.5, 0.6) is 0 Å². The molecule has 0 aliphatic heterocycles. The molecule has 0 unspecified atom stereocenters. The Morgan fingerprint density at radius 3 is 2.54 bits per heavy atom. The normalized spacial score (nSPS) is 11.2. The molecular formula is C16H14ClN3O2S2. The second kappa shape index (κ2) is 6.80. The van der Waals surface area contributed by atoms with Gasteiger partial charge in [0.1, 0.15) is 4.90 Å². The van der Waals surface area contributed by atoms with Gasteiger partial charge >= 0.3 is 0 Å². The Morgan fingerprint density at radius 1 is 1.08 bits per heavy atom. The van der Waals surface area contributed by atoms with Crippen LogP contribution in [-0.2, 0) is 10.0 Å². The third kappa shape index (κ3) is 3.87. The molecule has 124 valence electrons. The Morgan fingerprint density at radius 2 is 1.83 bits per heavy atom. The van der Waals surface area contributed by atoms with Gasteiger partial charge < -0.3 is 5.32 Å². The maximum Gasteiger partial charge on any atom is 0.263 e. The molecule has 0 bridgehead atoms. The third-order valence-electron chi connectivity index (χ3n) is 3.11. The van der Waals surface area contributed by atoms with E-state index in [9.17, 15) is 8.42 Å². The molecule has 8 heteroatoms. The molecule has 0 amide bonds. The summed E-state index contributed by atoms with van der Waals surface area (Å²) in [5.41, 5.74) is 2.11. The summed E-state index contributed by atoms with van der Waals surface area (Å²) in [6.07, 6.45) is 0. The first-order valence-corrected chi connectivity index (χ1v) is 9.75. The predicted molar refractivity (Wildman–Crippen MR) is 98.8 cm³/mol. The van der Waals surface area contributed by atoms with Crippen molar-refractivity contribution in [3.8, 4) is 0 Å². The highest BCUT2D eigenvalue weighted by molar-refractivity contribution is 7.92. The van der Waals surface area contributed by atoms with E-state index < -0.39 is 10.0 Å². The van der Waals surface area contributed by atoms with Gasteiger partial charge in [-0.3, -0.25) is 4.72 Å². The van der Waals surface area contributed by atoms with Gasteiger partial charge in [0.05, 0.1) is 16.4 Å². The predicted octanol–water partition coefficient (Wildman–Crippen LogP) is 4.65. The molecule has 24 heavy (non-hydrogen) atoms. The molecule has 3 aromatic rings. The number of halogens is 1. The van der Waals surface area contributed by atoms with E-state index in [1.165, 1.54) is 17.4 Å². The summed E-state index contributed by atoms with van der Waals surface area (Å²) in [6.45, 7) is 1.91. The zero-order valence-corrected chi connectivity index (χ0v) is 15.0. The van der Waals surface area contributed by atoms with Gasteiger partial charge in [-0.1, -0.05) is 29.8 Å². The molecule has 5 nitrogen and oxygen atoms in total. The van der Waals surface area contributed by atoms with Crippen molar-refractivity contribution < 1.29 is 8.42 Å². The highest BCUT2D eigenvalue weighted by Crippen LogP contribution is 2.26. The van der Waals surface area contributed by atoms with Crippen molar-refractivity contribution in [1.29, 1.82) is 0 Å². The first kappa shape index (κ1) is 16.8. The second-order valence-corrected chi connectivity index (χ2v) is 7.95. The van der Waals surface area contributed by atoms with E-state index in [4.69, 9.17) is 11.6 Å². The summed E-state index contributed by atoms with van der Waals surface area (Å²) < 4.78 is 27.5. The smallest absolute Gasteiger partial charge is 0.263 e. The molecule has 0 fully saturated rings. The lowest BCUT2D eigenvalue weighted by atomic mass is 10.3. The van der Waals surface area contributed by atoms with E-state index in [-0.39, 0.29) is 9.92 Å². The lowest BCUT2D eigenvalue weighted by Gasteiger charge is -2.11. The van der Waals surface area contributed by atoms with Crippen LogP contribution in [0.4, 0.5) is 16.5 Å². The SMILES string of the molecule is Cc1csc(Nc2cccc(NS(=O)(=O)c3ccccc3Cl)c2)n1. The van der Waals surface area contributed by atoms with Gasteiger partial charge in [0.15, 0.2) is 5.13 Å². The largest absolute Gasteiger partial charge is 0.331 e. The number of rotatable bonds is 5. The molecule has 2 N–H and O–H groups in total. The Bertz CT molecular complexity index is 971. The number of aryl methyl sites for hydroxylation is 1. The lowest BCUT2D eigenvalue weighted by Crippen LogP contribution is -2.13. The van der Waals surface area contributed by atoms with E-state index in [0.29, 0.717) is 5.69 Å². The van der Waals surface area contributed by atoms with Gasteiger partial charge in [-0.15, -0.1) is 11.3 Å². The molecule has 0 saturated carbocycles. The van der Waals surface area contributed by atoms with Crippen LogP contribution in [0.25, 0.3) is 0 Å². The molecular weight excluding hydrogens is 366 g/mol. The van der Waals surface area contributed by atoms with E-state index in [1.807, 2.05) is 18.4 Å². The van der Waals surface area contributed by atoms with Crippen LogP contribution in [0, 0.1) is 6.92 Å². The fourth-order valence-corrected chi connectivity index (χ4v) is 4.35. The fraction of sp³-hybridized carbons (Fsp3) is 0.0625. The van der Waals surface area contributed by atoms with Crippen LogP contribution in [0.15, 0.2) is 58.8 Å². The average molecular weight is 380 g/mol. The Labute approximate surface area is 149 Å². The van der Waals surface area contributed by atoms with Crippen molar-refractivity contribution in [2.45, 2.75) is 11.8 Å². The number of nitrogens with zero attached hydrogens (tertiary/aromatic N) is 1. The van der Waals surface area contributed by atoms with Crippen molar-refractivity contribution in [1.82, 2.24) is 4.98 Å². The topological polar surface area (TPSA) is 71.1 Å². The number of nitrogens with one attached hydrogen (secondary N) is 2. The minimum absolute atomic E-state index is 0.0422. The minimum Gasteiger partial charge on any atom is -0.331 e. The Hall–Kier alpha value is -2.09. The van der Waals surface area contributed by atoms with Gasteiger partial charge in [0.25, 0.3) is 10.0 Å². The molecule has 0 spiro atoms. The molecule has 0 saturated heterocycles. The third-order valence-corrected chi connectivity index (χ3v) is 5.87. The molecule has 2 aromatic carbocycles. The highest BCUT2D eigenvalue weighted by atomic mass is 35.5.